The Bertz CT molecular complexity index is 1340. The summed E-state index contributed by atoms with van der Waals surface area (Å²) in [6, 6.07) is 0. The molecule has 0 bridgehead atoms. The molecule has 0 radical (unpaired) electrons. The fourth-order valence-corrected chi connectivity index (χ4v) is 8.83. The zero-order chi connectivity index (χ0) is 52.2. The highest BCUT2D eigenvalue weighted by atomic mass is 16.6. The van der Waals surface area contributed by atoms with Gasteiger partial charge in [0.15, 0.2) is 6.10 Å². The molecule has 6 nitrogen and oxygen atoms in total. The highest BCUT2D eigenvalue weighted by Crippen LogP contribution is 2.17. The fourth-order valence-electron chi connectivity index (χ4n) is 8.83. The van der Waals surface area contributed by atoms with E-state index >= 15 is 0 Å². The number of carbonyl (C=O) groups excluding carboxylic acids is 3. The second-order valence-electron chi connectivity index (χ2n) is 20.6. The van der Waals surface area contributed by atoms with Gasteiger partial charge >= 0.3 is 17.9 Å². The lowest BCUT2D eigenvalue weighted by molar-refractivity contribution is -0.167. The molecule has 0 heterocycles. The van der Waals surface area contributed by atoms with E-state index in [0.717, 1.165) is 116 Å². The lowest BCUT2D eigenvalue weighted by Gasteiger charge is -2.18. The van der Waals surface area contributed by atoms with E-state index in [0.29, 0.717) is 19.3 Å². The zero-order valence-corrected chi connectivity index (χ0v) is 47.7. The Morgan fingerprint density at radius 3 is 0.903 bits per heavy atom. The van der Waals surface area contributed by atoms with Crippen LogP contribution in [0.15, 0.2) is 72.9 Å². The molecule has 1 unspecified atom stereocenters. The molecule has 416 valence electrons. The van der Waals surface area contributed by atoms with Gasteiger partial charge in [0.05, 0.1) is 0 Å². The number of allylic oxidation sites excluding steroid dienone is 12. The molecule has 0 aromatic heterocycles. The molecule has 0 N–H and O–H groups in total. The van der Waals surface area contributed by atoms with E-state index in [2.05, 4.69) is 93.7 Å². The van der Waals surface area contributed by atoms with Crippen LogP contribution in [0.25, 0.3) is 0 Å². The number of carbonyl (C=O) groups is 3. The number of ether oxygens (including phenoxy) is 3. The second kappa shape index (κ2) is 60.4. The average molecular weight is 1010 g/mol. The summed E-state index contributed by atoms with van der Waals surface area (Å²) in [4.78, 5) is 37.8. The average Bonchev–Trinajstić information content (AvgIpc) is 3.38. The molecule has 0 fully saturated rings. The first-order valence-corrected chi connectivity index (χ1v) is 30.9. The van der Waals surface area contributed by atoms with Gasteiger partial charge in [0.1, 0.15) is 13.2 Å². The molecule has 0 aromatic carbocycles. The quantitative estimate of drug-likeness (QED) is 0.0261. The van der Waals surface area contributed by atoms with Gasteiger partial charge in [0, 0.05) is 19.3 Å². The summed E-state index contributed by atoms with van der Waals surface area (Å²) in [5, 5.41) is 0. The highest BCUT2D eigenvalue weighted by Gasteiger charge is 2.19. The van der Waals surface area contributed by atoms with Gasteiger partial charge in [-0.15, -0.1) is 0 Å². The summed E-state index contributed by atoms with van der Waals surface area (Å²) >= 11 is 0. The minimum atomic E-state index is -0.775. The van der Waals surface area contributed by atoms with Crippen molar-refractivity contribution < 1.29 is 28.6 Å². The van der Waals surface area contributed by atoms with Crippen molar-refractivity contribution in [2.24, 2.45) is 0 Å². The summed E-state index contributed by atoms with van der Waals surface area (Å²) in [5.41, 5.74) is 0. The third kappa shape index (κ3) is 57.7. The summed E-state index contributed by atoms with van der Waals surface area (Å²) in [5.74, 6) is -0.891. The largest absolute Gasteiger partial charge is 0.462 e. The van der Waals surface area contributed by atoms with Crippen molar-refractivity contribution in [2.45, 2.75) is 316 Å². The predicted octanol–water partition coefficient (Wildman–Crippen LogP) is 20.9. The van der Waals surface area contributed by atoms with E-state index in [1.54, 1.807) is 0 Å². The molecule has 1 atom stereocenters. The second-order valence-corrected chi connectivity index (χ2v) is 20.6. The van der Waals surface area contributed by atoms with E-state index in [1.807, 2.05) is 0 Å². The van der Waals surface area contributed by atoms with Crippen LogP contribution in [0.3, 0.4) is 0 Å². The molecule has 0 saturated carbocycles. The first kappa shape index (κ1) is 68.8. The molecule has 72 heavy (non-hydrogen) atoms. The Kier molecular flexibility index (Phi) is 57.8. The molecule has 6 heteroatoms. The molecule has 0 aliphatic carbocycles. The number of esters is 3. The van der Waals surface area contributed by atoms with Crippen molar-refractivity contribution >= 4 is 17.9 Å². The summed E-state index contributed by atoms with van der Waals surface area (Å²) in [6.45, 7) is 6.41. The maximum atomic E-state index is 12.8. The molecular weight excluding hydrogens is 889 g/mol. The lowest BCUT2D eigenvalue weighted by atomic mass is 10.0. The molecule has 0 aliphatic rings. The van der Waals surface area contributed by atoms with Crippen LogP contribution in [0.2, 0.25) is 0 Å². The molecule has 0 aromatic rings. The van der Waals surface area contributed by atoms with Crippen molar-refractivity contribution in [3.8, 4) is 0 Å². The lowest BCUT2D eigenvalue weighted by Crippen LogP contribution is -2.30. The molecular formula is C66H116O6. The van der Waals surface area contributed by atoms with Crippen LogP contribution < -0.4 is 0 Å². The van der Waals surface area contributed by atoms with Gasteiger partial charge in [-0.3, -0.25) is 14.4 Å². The van der Waals surface area contributed by atoms with Gasteiger partial charge < -0.3 is 14.2 Å². The van der Waals surface area contributed by atoms with E-state index in [9.17, 15) is 14.4 Å². The standard InChI is InChI=1S/C66H116O6/c1-4-7-10-13-16-18-20-22-23-24-25-26-27-28-29-30-31-32-33-34-35-36-37-38-39-40-41-42-43-45-46-48-50-53-56-59-65(68)71-62-63(61-70-64(67)58-55-52-15-12-9-6-3)72-66(69)60-57-54-51-49-47-44-21-19-17-14-11-8-5-2/h7,10-11,14,16,18-19,21-23,25-26,63H,4-6,8-9,12-13,15,17,20,24,27-62H2,1-3H3/b10-7-,14-11-,18-16-,21-19-,23-22-,26-25-. The van der Waals surface area contributed by atoms with Gasteiger partial charge in [-0.05, 0) is 83.5 Å². The van der Waals surface area contributed by atoms with Gasteiger partial charge in [0.2, 0.25) is 0 Å². The van der Waals surface area contributed by atoms with Crippen molar-refractivity contribution in [1.82, 2.24) is 0 Å². The maximum absolute atomic E-state index is 12.8. The van der Waals surface area contributed by atoms with E-state index in [4.69, 9.17) is 14.2 Å². The van der Waals surface area contributed by atoms with Crippen LogP contribution in [-0.4, -0.2) is 37.2 Å². The molecule has 0 saturated heterocycles. The third-order valence-corrected chi connectivity index (χ3v) is 13.4. The first-order valence-electron chi connectivity index (χ1n) is 30.9. The predicted molar refractivity (Wildman–Crippen MR) is 311 cm³/mol. The Labute approximate surface area is 446 Å². The zero-order valence-electron chi connectivity index (χ0n) is 47.7. The van der Waals surface area contributed by atoms with Crippen LogP contribution in [0.4, 0.5) is 0 Å². The topological polar surface area (TPSA) is 78.9 Å². The minimum absolute atomic E-state index is 0.0767. The summed E-state index contributed by atoms with van der Waals surface area (Å²) < 4.78 is 16.7. The Hall–Kier alpha value is -3.15. The summed E-state index contributed by atoms with van der Waals surface area (Å²) in [7, 11) is 0. The van der Waals surface area contributed by atoms with Crippen molar-refractivity contribution in [3.05, 3.63) is 72.9 Å². The minimum Gasteiger partial charge on any atom is -0.462 e. The van der Waals surface area contributed by atoms with Crippen LogP contribution in [0, 0.1) is 0 Å². The molecule has 0 amide bonds. The number of unbranched alkanes of at least 4 members (excludes halogenated alkanes) is 33. The summed E-state index contributed by atoms with van der Waals surface area (Å²) in [6.07, 6.45) is 78.2. The SMILES string of the molecule is CC/C=C\C/C=C\C/C=C\C/C=C\CCCCCCCCCCCCCCCCCCCCCCCCC(=O)OCC(COC(=O)CCCCCCCC)OC(=O)CCCCCCC/C=C\C/C=C\CCC. The van der Waals surface area contributed by atoms with E-state index < -0.39 is 6.10 Å². The number of rotatable bonds is 56. The van der Waals surface area contributed by atoms with Crippen molar-refractivity contribution in [3.63, 3.8) is 0 Å². The first-order chi connectivity index (χ1) is 35.5. The van der Waals surface area contributed by atoms with E-state index in [1.165, 1.54) is 154 Å². The van der Waals surface area contributed by atoms with Crippen molar-refractivity contribution in [2.75, 3.05) is 13.2 Å². The Morgan fingerprint density at radius 1 is 0.292 bits per heavy atom. The van der Waals surface area contributed by atoms with Crippen LogP contribution in [-0.2, 0) is 28.6 Å². The molecule has 0 rings (SSSR count). The van der Waals surface area contributed by atoms with Crippen LogP contribution in [0.5, 0.6) is 0 Å². The van der Waals surface area contributed by atoms with Gasteiger partial charge in [0.25, 0.3) is 0 Å². The van der Waals surface area contributed by atoms with Crippen molar-refractivity contribution in [1.29, 1.82) is 0 Å². The van der Waals surface area contributed by atoms with Gasteiger partial charge in [-0.25, -0.2) is 0 Å². The normalized spacial score (nSPS) is 12.5. The van der Waals surface area contributed by atoms with Gasteiger partial charge in [-0.1, -0.05) is 280 Å². The Morgan fingerprint density at radius 2 is 0.569 bits per heavy atom. The number of hydrogen-bond acceptors (Lipinski definition) is 6. The smallest absolute Gasteiger partial charge is 0.306 e. The monoisotopic (exact) mass is 1000 g/mol. The van der Waals surface area contributed by atoms with E-state index in [-0.39, 0.29) is 31.1 Å². The molecule has 0 spiro atoms. The highest BCUT2D eigenvalue weighted by molar-refractivity contribution is 5.71. The van der Waals surface area contributed by atoms with Gasteiger partial charge in [-0.2, -0.15) is 0 Å². The van der Waals surface area contributed by atoms with Crippen LogP contribution >= 0.6 is 0 Å². The van der Waals surface area contributed by atoms with Crippen LogP contribution in [0.1, 0.15) is 310 Å². The Balaban J connectivity index is 3.89. The third-order valence-electron chi connectivity index (χ3n) is 13.4. The molecule has 0 aliphatic heterocycles. The maximum Gasteiger partial charge on any atom is 0.306 e. The number of hydrogen-bond donors (Lipinski definition) is 0. The fraction of sp³-hybridized carbons (Fsp3) is 0.773.